The molecule has 0 amide bonds. The third kappa shape index (κ3) is 2.15. The average molecular weight is 281 g/mol. The summed E-state index contributed by atoms with van der Waals surface area (Å²) in [6.07, 6.45) is 2.29. The first kappa shape index (κ1) is 11.7. The van der Waals surface area contributed by atoms with Crippen molar-refractivity contribution in [3.63, 3.8) is 0 Å². The van der Waals surface area contributed by atoms with Crippen molar-refractivity contribution >= 4 is 34.7 Å². The van der Waals surface area contributed by atoms with E-state index in [1.54, 1.807) is 17.4 Å². The van der Waals surface area contributed by atoms with E-state index >= 15 is 0 Å². The molecule has 1 aliphatic rings. The van der Waals surface area contributed by atoms with Crippen molar-refractivity contribution in [2.75, 3.05) is 17.2 Å². The van der Waals surface area contributed by atoms with Crippen LogP contribution in [0.1, 0.15) is 24.4 Å². The predicted molar refractivity (Wildman–Crippen MR) is 75.1 cm³/mol. The van der Waals surface area contributed by atoms with Gasteiger partial charge in [0.15, 0.2) is 0 Å². The highest BCUT2D eigenvalue weighted by atomic mass is 35.5. The molecule has 0 saturated carbocycles. The molecule has 94 valence electrons. The van der Waals surface area contributed by atoms with E-state index in [0.29, 0.717) is 11.2 Å². The third-order valence-electron chi connectivity index (χ3n) is 3.17. The van der Waals surface area contributed by atoms with Crippen molar-refractivity contribution in [1.82, 2.24) is 9.97 Å². The van der Waals surface area contributed by atoms with Crippen LogP contribution in [-0.2, 0) is 0 Å². The number of nitrogen functional groups attached to an aromatic ring is 1. The van der Waals surface area contributed by atoms with E-state index in [1.807, 2.05) is 0 Å². The van der Waals surface area contributed by atoms with Crippen molar-refractivity contribution < 1.29 is 0 Å². The van der Waals surface area contributed by atoms with Crippen molar-refractivity contribution in [2.24, 2.45) is 0 Å². The molecular weight excluding hydrogens is 268 g/mol. The molecule has 0 radical (unpaired) electrons. The van der Waals surface area contributed by atoms with Gasteiger partial charge >= 0.3 is 0 Å². The van der Waals surface area contributed by atoms with Gasteiger partial charge in [-0.2, -0.15) is 16.3 Å². The topological polar surface area (TPSA) is 55.0 Å². The minimum Gasteiger partial charge on any atom is -0.368 e. The Hall–Kier alpha value is -1.33. The first-order valence-corrected chi connectivity index (χ1v) is 7.15. The van der Waals surface area contributed by atoms with Crippen LogP contribution in [0.5, 0.6) is 0 Å². The molecular formula is C12H13ClN4S. The number of thiophene rings is 1. The summed E-state index contributed by atoms with van der Waals surface area (Å²) in [5.74, 6) is 1.05. The largest absolute Gasteiger partial charge is 0.368 e. The highest BCUT2D eigenvalue weighted by Crippen LogP contribution is 2.36. The molecule has 1 aliphatic heterocycles. The van der Waals surface area contributed by atoms with Gasteiger partial charge in [0.2, 0.25) is 5.95 Å². The Morgan fingerprint density at radius 1 is 1.44 bits per heavy atom. The Kier molecular flexibility index (Phi) is 3.09. The molecule has 0 aliphatic carbocycles. The molecule has 2 aromatic rings. The molecule has 3 heterocycles. The van der Waals surface area contributed by atoms with Crippen LogP contribution in [0, 0.1) is 0 Å². The highest BCUT2D eigenvalue weighted by Gasteiger charge is 2.27. The van der Waals surface area contributed by atoms with E-state index in [9.17, 15) is 0 Å². The fourth-order valence-electron chi connectivity index (χ4n) is 2.42. The van der Waals surface area contributed by atoms with Gasteiger partial charge in [-0.15, -0.1) is 0 Å². The normalized spacial score (nSPS) is 19.4. The smallest absolute Gasteiger partial charge is 0.223 e. The monoisotopic (exact) mass is 280 g/mol. The summed E-state index contributed by atoms with van der Waals surface area (Å²) < 4.78 is 0. The number of rotatable bonds is 2. The summed E-state index contributed by atoms with van der Waals surface area (Å²) in [6, 6.07) is 4.32. The predicted octanol–water partition coefficient (Wildman–Crippen LogP) is 3.12. The molecule has 6 heteroatoms. The standard InChI is InChI=1S/C12H13ClN4S/c13-10-6-11(16-12(14)15-10)17-4-1-2-9(17)8-3-5-18-7-8/h3,5-7,9H,1-2,4H2,(H2,14,15,16)/t9-/m0/s1. The van der Waals surface area contributed by atoms with E-state index in [-0.39, 0.29) is 5.95 Å². The second kappa shape index (κ2) is 4.74. The molecule has 3 rings (SSSR count). The number of aromatic nitrogens is 2. The lowest BCUT2D eigenvalue weighted by molar-refractivity contribution is 0.714. The van der Waals surface area contributed by atoms with Gasteiger partial charge in [0, 0.05) is 12.6 Å². The zero-order valence-electron chi connectivity index (χ0n) is 9.71. The summed E-state index contributed by atoms with van der Waals surface area (Å²) in [4.78, 5) is 10.4. The summed E-state index contributed by atoms with van der Waals surface area (Å²) in [5.41, 5.74) is 7.00. The molecule has 2 aromatic heterocycles. The number of halogens is 1. The van der Waals surface area contributed by atoms with Crippen LogP contribution in [0.2, 0.25) is 5.15 Å². The van der Waals surface area contributed by atoms with E-state index in [2.05, 4.69) is 31.7 Å². The minimum atomic E-state index is 0.230. The lowest BCUT2D eigenvalue weighted by atomic mass is 10.1. The molecule has 1 saturated heterocycles. The number of hydrogen-bond donors (Lipinski definition) is 1. The van der Waals surface area contributed by atoms with Crippen molar-refractivity contribution in [1.29, 1.82) is 0 Å². The second-order valence-electron chi connectivity index (χ2n) is 4.32. The first-order valence-electron chi connectivity index (χ1n) is 5.83. The zero-order valence-corrected chi connectivity index (χ0v) is 11.3. The van der Waals surface area contributed by atoms with E-state index in [4.69, 9.17) is 17.3 Å². The molecule has 0 aromatic carbocycles. The maximum absolute atomic E-state index is 5.95. The van der Waals surface area contributed by atoms with E-state index < -0.39 is 0 Å². The second-order valence-corrected chi connectivity index (χ2v) is 5.48. The summed E-state index contributed by atoms with van der Waals surface area (Å²) in [5, 5.41) is 4.69. The first-order chi connectivity index (χ1) is 8.74. The number of nitrogens with zero attached hydrogens (tertiary/aromatic N) is 3. The summed E-state index contributed by atoms with van der Waals surface area (Å²) in [7, 11) is 0. The van der Waals surface area contributed by atoms with Crippen molar-refractivity contribution in [3.05, 3.63) is 33.6 Å². The van der Waals surface area contributed by atoms with E-state index in [0.717, 1.165) is 25.2 Å². The fraction of sp³-hybridized carbons (Fsp3) is 0.333. The Labute approximate surface area is 114 Å². The van der Waals surface area contributed by atoms with Gasteiger partial charge in [-0.05, 0) is 35.2 Å². The van der Waals surface area contributed by atoms with Crippen LogP contribution in [0.15, 0.2) is 22.9 Å². The van der Waals surface area contributed by atoms with Gasteiger partial charge in [-0.25, -0.2) is 4.98 Å². The molecule has 0 bridgehead atoms. The Balaban J connectivity index is 1.95. The SMILES string of the molecule is Nc1nc(Cl)cc(N2CCC[C@H]2c2ccsc2)n1. The van der Waals surface area contributed by atoms with E-state index in [1.165, 1.54) is 5.56 Å². The summed E-state index contributed by atoms with van der Waals surface area (Å²) >= 11 is 7.67. The van der Waals surface area contributed by atoms with Crippen LogP contribution in [0.25, 0.3) is 0 Å². The number of anilines is 2. The molecule has 0 spiro atoms. The minimum absolute atomic E-state index is 0.230. The Morgan fingerprint density at radius 2 is 2.33 bits per heavy atom. The molecule has 1 atom stereocenters. The molecule has 18 heavy (non-hydrogen) atoms. The summed E-state index contributed by atoms with van der Waals surface area (Å²) in [6.45, 7) is 0.979. The molecule has 1 fully saturated rings. The quantitative estimate of drug-likeness (QED) is 0.859. The van der Waals surface area contributed by atoms with Crippen LogP contribution in [0.3, 0.4) is 0 Å². The van der Waals surface area contributed by atoms with Crippen molar-refractivity contribution in [3.8, 4) is 0 Å². The van der Waals surface area contributed by atoms with Gasteiger partial charge in [-0.3, -0.25) is 0 Å². The fourth-order valence-corrected chi connectivity index (χ4v) is 3.31. The molecule has 2 N–H and O–H groups in total. The van der Waals surface area contributed by atoms with Crippen LogP contribution in [-0.4, -0.2) is 16.5 Å². The Morgan fingerprint density at radius 3 is 3.06 bits per heavy atom. The average Bonchev–Trinajstić information content (AvgIpc) is 2.98. The molecule has 0 unspecified atom stereocenters. The van der Waals surface area contributed by atoms with Gasteiger partial charge < -0.3 is 10.6 Å². The zero-order chi connectivity index (χ0) is 12.5. The highest BCUT2D eigenvalue weighted by molar-refractivity contribution is 7.08. The molecule has 4 nitrogen and oxygen atoms in total. The lowest BCUT2D eigenvalue weighted by Gasteiger charge is -2.25. The van der Waals surface area contributed by atoms with Crippen molar-refractivity contribution in [2.45, 2.75) is 18.9 Å². The van der Waals surface area contributed by atoms with Crippen LogP contribution in [0.4, 0.5) is 11.8 Å². The maximum Gasteiger partial charge on any atom is 0.223 e. The maximum atomic E-state index is 5.95. The van der Waals surface area contributed by atoms with Gasteiger partial charge in [0.05, 0.1) is 6.04 Å². The van der Waals surface area contributed by atoms with Crippen LogP contribution >= 0.6 is 22.9 Å². The Bertz CT molecular complexity index is 523. The van der Waals surface area contributed by atoms with Gasteiger partial charge in [-0.1, -0.05) is 11.6 Å². The van der Waals surface area contributed by atoms with Gasteiger partial charge in [0.1, 0.15) is 11.0 Å². The van der Waals surface area contributed by atoms with Gasteiger partial charge in [0.25, 0.3) is 0 Å². The number of nitrogens with two attached hydrogens (primary N) is 1. The number of hydrogen-bond acceptors (Lipinski definition) is 5. The third-order valence-corrected chi connectivity index (χ3v) is 4.07. The lowest BCUT2D eigenvalue weighted by Crippen LogP contribution is -2.23. The van der Waals surface area contributed by atoms with Crippen LogP contribution < -0.4 is 10.6 Å².